The topological polar surface area (TPSA) is 120 Å². The van der Waals surface area contributed by atoms with Crippen molar-refractivity contribution in [3.05, 3.63) is 106 Å². The van der Waals surface area contributed by atoms with Gasteiger partial charge in [-0.2, -0.15) is 4.73 Å². The van der Waals surface area contributed by atoms with Crippen LogP contribution in [0.1, 0.15) is 66.9 Å². The van der Waals surface area contributed by atoms with Crippen LogP contribution < -0.4 is 4.73 Å². The fourth-order valence-corrected chi connectivity index (χ4v) is 5.70. The second-order valence-electron chi connectivity index (χ2n) is 10.7. The summed E-state index contributed by atoms with van der Waals surface area (Å²) in [5.41, 5.74) is 4.49. The predicted octanol–water partition coefficient (Wildman–Crippen LogP) is 5.52. The number of pyridine rings is 1. The Kier molecular flexibility index (Phi) is 10.1. The number of H-pyrrole nitrogens is 1. The molecule has 3 aromatic heterocycles. The number of aryl methyl sites for hydroxylation is 1. The second kappa shape index (κ2) is 14.4. The first-order valence-corrected chi connectivity index (χ1v) is 15.5. The summed E-state index contributed by atoms with van der Waals surface area (Å²) >= 11 is 6.69. The Morgan fingerprint density at radius 2 is 1.80 bits per heavy atom. The minimum Gasteiger partial charge on any atom is -0.618 e. The lowest BCUT2D eigenvalue weighted by molar-refractivity contribution is -0.616. The Balaban J connectivity index is 1.54. The van der Waals surface area contributed by atoms with Crippen LogP contribution in [0.25, 0.3) is 22.5 Å². The van der Waals surface area contributed by atoms with Gasteiger partial charge in [0.25, 0.3) is 11.5 Å². The van der Waals surface area contributed by atoms with Crippen LogP contribution in [0.3, 0.4) is 0 Å². The molecule has 2 aromatic carbocycles. The third-order valence-electron chi connectivity index (χ3n) is 7.92. The number of halogens is 1. The number of ketones is 1. The number of tetrazole rings is 1. The maximum atomic E-state index is 14.1. The third-order valence-corrected chi connectivity index (χ3v) is 8.18. The number of nitrogens with zero attached hydrogens (tertiary/aromatic N) is 7. The number of carbonyl (C=O) groups is 1. The Bertz CT molecular complexity index is 1700. The molecule has 44 heavy (non-hydrogen) atoms. The highest BCUT2D eigenvalue weighted by Gasteiger charge is 2.29. The summed E-state index contributed by atoms with van der Waals surface area (Å²) in [6, 6.07) is 21.1. The lowest BCUT2D eigenvalue weighted by Crippen LogP contribution is -2.41. The zero-order valence-electron chi connectivity index (χ0n) is 25.3. The van der Waals surface area contributed by atoms with E-state index >= 15 is 0 Å². The SMILES string of the molecule is CCCCc1nc(Cl)c(C(=O)c2cccc(CCN(CC)CC)[n+]2[O-])n1Cc1ccc(-c2ccccc2)c(-c2nnn[nH]2)c1. The zero-order valence-corrected chi connectivity index (χ0v) is 26.1. The van der Waals surface area contributed by atoms with Crippen LogP contribution in [-0.4, -0.2) is 60.5 Å². The van der Waals surface area contributed by atoms with Crippen LogP contribution in [0, 0.1) is 5.21 Å². The van der Waals surface area contributed by atoms with Crippen LogP contribution in [0.15, 0.2) is 66.7 Å². The summed E-state index contributed by atoms with van der Waals surface area (Å²) in [5, 5.41) is 28.2. The van der Waals surface area contributed by atoms with Gasteiger partial charge in [-0.05, 0) is 58.8 Å². The van der Waals surface area contributed by atoms with E-state index < -0.39 is 5.78 Å². The van der Waals surface area contributed by atoms with E-state index in [1.165, 1.54) is 0 Å². The van der Waals surface area contributed by atoms with Crippen molar-refractivity contribution in [3.63, 3.8) is 0 Å². The maximum absolute atomic E-state index is 14.1. The molecular formula is C33H37ClN8O2. The van der Waals surface area contributed by atoms with E-state index in [1.807, 2.05) is 53.1 Å². The molecule has 5 rings (SSSR count). The van der Waals surface area contributed by atoms with Crippen molar-refractivity contribution in [3.8, 4) is 22.5 Å². The molecule has 0 spiro atoms. The summed E-state index contributed by atoms with van der Waals surface area (Å²) < 4.78 is 2.59. The third kappa shape index (κ3) is 6.71. The highest BCUT2D eigenvalue weighted by molar-refractivity contribution is 6.33. The van der Waals surface area contributed by atoms with Gasteiger partial charge in [0.1, 0.15) is 11.5 Å². The summed E-state index contributed by atoms with van der Waals surface area (Å²) in [5.74, 6) is 0.779. The molecule has 0 fully saturated rings. The van der Waals surface area contributed by atoms with Gasteiger partial charge >= 0.3 is 0 Å². The second-order valence-corrected chi connectivity index (χ2v) is 11.0. The van der Waals surface area contributed by atoms with Gasteiger partial charge in [0, 0.05) is 43.6 Å². The first-order chi connectivity index (χ1) is 21.4. The number of aromatic nitrogens is 7. The number of hydrogen-bond acceptors (Lipinski definition) is 7. The van der Waals surface area contributed by atoms with Crippen molar-refractivity contribution < 1.29 is 9.52 Å². The molecule has 228 valence electrons. The first kappa shape index (κ1) is 31.0. The van der Waals surface area contributed by atoms with Gasteiger partial charge in [-0.25, -0.2) is 10.1 Å². The van der Waals surface area contributed by atoms with Crippen molar-refractivity contribution in [2.75, 3.05) is 19.6 Å². The molecule has 5 aromatic rings. The molecule has 0 aliphatic carbocycles. The van der Waals surface area contributed by atoms with E-state index in [1.54, 1.807) is 18.2 Å². The standard InChI is InChI=1S/C33H37ClN8O2/c1-4-7-16-29-35-32(34)30(31(43)28-15-11-14-25(42(28)44)19-20-40(5-2)6-3)41(29)22-23-17-18-26(24-12-9-8-10-13-24)27(21-23)33-36-38-39-37-33/h8-15,17-18,21H,4-7,16,19-20,22H2,1-3H3,(H,36,37,38,39). The highest BCUT2D eigenvalue weighted by Crippen LogP contribution is 2.32. The Morgan fingerprint density at radius 3 is 2.50 bits per heavy atom. The summed E-state index contributed by atoms with van der Waals surface area (Å²) in [7, 11) is 0. The van der Waals surface area contributed by atoms with Gasteiger partial charge in [-0.3, -0.25) is 4.79 Å². The van der Waals surface area contributed by atoms with Gasteiger partial charge in [0.2, 0.25) is 0 Å². The number of benzene rings is 2. The minimum absolute atomic E-state index is 0.0278. The average molecular weight is 613 g/mol. The molecule has 0 atom stereocenters. The smallest absolute Gasteiger partial charge is 0.277 e. The van der Waals surface area contributed by atoms with E-state index in [-0.39, 0.29) is 16.5 Å². The fourth-order valence-electron chi connectivity index (χ4n) is 5.42. The lowest BCUT2D eigenvalue weighted by Gasteiger charge is -2.18. The Labute approximate surface area is 262 Å². The molecule has 0 amide bonds. The number of imidazole rings is 1. The van der Waals surface area contributed by atoms with Gasteiger partial charge in [0.15, 0.2) is 16.7 Å². The van der Waals surface area contributed by atoms with Crippen molar-refractivity contribution in [1.29, 1.82) is 0 Å². The number of hydrogen-bond donors (Lipinski definition) is 1. The number of aromatic amines is 1. The number of carbonyl (C=O) groups excluding carboxylic acids is 1. The van der Waals surface area contributed by atoms with Crippen LogP contribution in [-0.2, 0) is 19.4 Å². The molecule has 0 saturated heterocycles. The number of unbranched alkanes of at least 4 members (excludes halogenated alkanes) is 1. The largest absolute Gasteiger partial charge is 0.618 e. The molecule has 0 bridgehead atoms. The molecule has 11 heteroatoms. The first-order valence-electron chi connectivity index (χ1n) is 15.1. The number of nitrogens with one attached hydrogen (secondary N) is 1. The highest BCUT2D eigenvalue weighted by atomic mass is 35.5. The molecule has 10 nitrogen and oxygen atoms in total. The van der Waals surface area contributed by atoms with Crippen LogP contribution in [0.4, 0.5) is 0 Å². The van der Waals surface area contributed by atoms with Crippen molar-refractivity contribution in [2.24, 2.45) is 0 Å². The summed E-state index contributed by atoms with van der Waals surface area (Å²) in [4.78, 5) is 20.9. The molecule has 0 aliphatic heterocycles. The molecule has 0 unspecified atom stereocenters. The molecule has 0 saturated carbocycles. The normalized spacial score (nSPS) is 11.4. The van der Waals surface area contributed by atoms with Crippen LogP contribution in [0.5, 0.6) is 0 Å². The van der Waals surface area contributed by atoms with E-state index in [0.29, 0.717) is 36.7 Å². The summed E-state index contributed by atoms with van der Waals surface area (Å²) in [6.45, 7) is 9.13. The molecule has 3 heterocycles. The fraction of sp³-hybridized carbons (Fsp3) is 0.333. The summed E-state index contributed by atoms with van der Waals surface area (Å²) in [6.07, 6.45) is 3.02. The van der Waals surface area contributed by atoms with Gasteiger partial charge in [0.05, 0.1) is 0 Å². The molecule has 1 N–H and O–H groups in total. The number of rotatable bonds is 14. The van der Waals surface area contributed by atoms with E-state index in [9.17, 15) is 10.0 Å². The zero-order chi connectivity index (χ0) is 31.1. The average Bonchev–Trinajstić information content (AvgIpc) is 3.69. The molecular weight excluding hydrogens is 576 g/mol. The van der Waals surface area contributed by atoms with Crippen molar-refractivity contribution in [1.82, 2.24) is 35.1 Å². The monoisotopic (exact) mass is 612 g/mol. The van der Waals surface area contributed by atoms with E-state index in [2.05, 4.69) is 51.3 Å². The van der Waals surface area contributed by atoms with Crippen LogP contribution in [0.2, 0.25) is 5.15 Å². The molecule has 0 radical (unpaired) electrons. The predicted molar refractivity (Wildman–Crippen MR) is 170 cm³/mol. The van der Waals surface area contributed by atoms with Crippen molar-refractivity contribution in [2.45, 2.75) is 53.0 Å². The quantitative estimate of drug-likeness (QED) is 0.0995. The van der Waals surface area contributed by atoms with Gasteiger partial charge in [-0.15, -0.1) is 5.10 Å². The maximum Gasteiger partial charge on any atom is 0.277 e. The number of likely N-dealkylation sites (N-methyl/N-ethyl adjacent to an activating group) is 1. The van der Waals surface area contributed by atoms with Gasteiger partial charge in [-0.1, -0.05) is 81.3 Å². The Hall–Kier alpha value is -4.41. The minimum atomic E-state index is -0.453. The van der Waals surface area contributed by atoms with E-state index in [0.717, 1.165) is 59.5 Å². The Morgan fingerprint density at radius 1 is 1.00 bits per heavy atom. The van der Waals surface area contributed by atoms with Crippen molar-refractivity contribution >= 4 is 17.4 Å². The van der Waals surface area contributed by atoms with Gasteiger partial charge < -0.3 is 14.7 Å². The lowest BCUT2D eigenvalue weighted by atomic mass is 9.97. The van der Waals surface area contributed by atoms with E-state index in [4.69, 9.17) is 11.6 Å². The van der Waals surface area contributed by atoms with Crippen LogP contribution >= 0.6 is 11.6 Å². The molecule has 0 aliphatic rings.